The van der Waals surface area contributed by atoms with Crippen molar-refractivity contribution in [1.82, 2.24) is 0 Å². The van der Waals surface area contributed by atoms with E-state index < -0.39 is 12.1 Å². The van der Waals surface area contributed by atoms with E-state index in [1.54, 1.807) is 19.1 Å². The summed E-state index contributed by atoms with van der Waals surface area (Å²) in [4.78, 5) is 22.2. The summed E-state index contributed by atoms with van der Waals surface area (Å²) in [6, 6.07) is 5.77. The molecule has 2 N–H and O–H groups in total. The number of aliphatic hydroxyl groups excluding tert-OH is 1. The Morgan fingerprint density at radius 2 is 2.00 bits per heavy atom. The molecule has 0 aliphatic heterocycles. The minimum atomic E-state index is -0.801. The predicted octanol–water partition coefficient (Wildman–Crippen LogP) is 4.14. The first-order valence-corrected chi connectivity index (χ1v) is 9.32. The van der Waals surface area contributed by atoms with Gasteiger partial charge in [0.25, 0.3) is 0 Å². The van der Waals surface area contributed by atoms with Crippen molar-refractivity contribution < 1.29 is 28.9 Å². The zero-order chi connectivity index (χ0) is 20.1. The van der Waals surface area contributed by atoms with Crippen LogP contribution in [0.2, 0.25) is 0 Å². The van der Waals surface area contributed by atoms with E-state index in [0.717, 1.165) is 0 Å². The number of hydrogen-bond donors (Lipinski definition) is 2. The number of carboxylic acids is 1. The van der Waals surface area contributed by atoms with Gasteiger partial charge in [0.1, 0.15) is 24.0 Å². The molecule has 1 aromatic carbocycles. The van der Waals surface area contributed by atoms with Crippen molar-refractivity contribution in [2.75, 3.05) is 6.61 Å². The van der Waals surface area contributed by atoms with E-state index in [1.165, 1.54) is 12.1 Å². The van der Waals surface area contributed by atoms with Crippen molar-refractivity contribution in [3.63, 3.8) is 0 Å². The lowest BCUT2D eigenvalue weighted by Crippen LogP contribution is -2.18. The summed E-state index contributed by atoms with van der Waals surface area (Å²) in [7, 11) is 0. The lowest BCUT2D eigenvalue weighted by molar-refractivity contribution is -0.137. The zero-order valence-electron chi connectivity index (χ0n) is 15.8. The molecule has 150 valence electrons. The van der Waals surface area contributed by atoms with Gasteiger partial charge in [-0.05, 0) is 51.2 Å². The molecule has 1 rings (SSSR count). The molecule has 0 aliphatic carbocycles. The number of carbonyl (C=O) groups excluding carboxylic acids is 1. The van der Waals surface area contributed by atoms with Gasteiger partial charge < -0.3 is 14.9 Å². The smallest absolute Gasteiger partial charge is 0.303 e. The Hall–Kier alpha value is -2.21. The predicted molar refractivity (Wildman–Crippen MR) is 101 cm³/mol. The normalized spacial score (nSPS) is 13.4. The van der Waals surface area contributed by atoms with Crippen LogP contribution in [0.5, 0.6) is 5.75 Å². The van der Waals surface area contributed by atoms with Crippen molar-refractivity contribution in [2.45, 2.75) is 58.0 Å². The van der Waals surface area contributed by atoms with E-state index in [1.807, 2.05) is 12.2 Å². The minimum Gasteiger partial charge on any atom is -0.491 e. The Bertz CT molecular complexity index is 614. The second-order valence-electron chi connectivity index (χ2n) is 6.65. The third-order valence-electron chi connectivity index (χ3n) is 4.25. The number of aliphatic carboxylic acids is 1. The average molecular weight is 380 g/mol. The molecule has 0 saturated heterocycles. The van der Waals surface area contributed by atoms with Gasteiger partial charge in [-0.15, -0.1) is 0 Å². The summed E-state index contributed by atoms with van der Waals surface area (Å²) in [5, 5.41) is 18.6. The fourth-order valence-electron chi connectivity index (χ4n) is 2.67. The number of Topliss-reactive ketones (excluding diaryl/α,β-unsaturated/α-hetero) is 1. The van der Waals surface area contributed by atoms with Crippen molar-refractivity contribution >= 4 is 11.8 Å². The van der Waals surface area contributed by atoms with Crippen LogP contribution < -0.4 is 4.74 Å². The molecule has 0 aromatic heterocycles. The van der Waals surface area contributed by atoms with Gasteiger partial charge in [-0.1, -0.05) is 24.6 Å². The molecule has 6 heteroatoms. The fourth-order valence-corrected chi connectivity index (χ4v) is 2.67. The SMILES string of the molecule is CC(=O)C(CC=CCCCC(=O)O)CCCC(O)COc1cccc(F)c1. The number of carbonyl (C=O) groups is 2. The molecular weight excluding hydrogens is 351 g/mol. The number of halogens is 1. The number of rotatable bonds is 14. The Morgan fingerprint density at radius 3 is 2.67 bits per heavy atom. The lowest BCUT2D eigenvalue weighted by Gasteiger charge is -2.15. The van der Waals surface area contributed by atoms with E-state index >= 15 is 0 Å². The largest absolute Gasteiger partial charge is 0.491 e. The van der Waals surface area contributed by atoms with Crippen LogP contribution >= 0.6 is 0 Å². The van der Waals surface area contributed by atoms with Crippen molar-refractivity contribution in [1.29, 1.82) is 0 Å². The summed E-state index contributed by atoms with van der Waals surface area (Å²) < 4.78 is 18.4. The van der Waals surface area contributed by atoms with Crippen LogP contribution in [0, 0.1) is 11.7 Å². The third-order valence-corrected chi connectivity index (χ3v) is 4.25. The molecule has 2 atom stereocenters. The summed E-state index contributed by atoms with van der Waals surface area (Å²) in [5.41, 5.74) is 0. The number of carboxylic acid groups (broad SMARTS) is 1. The topological polar surface area (TPSA) is 83.8 Å². The van der Waals surface area contributed by atoms with Crippen LogP contribution in [0.3, 0.4) is 0 Å². The lowest BCUT2D eigenvalue weighted by atomic mass is 9.93. The summed E-state index contributed by atoms with van der Waals surface area (Å²) in [5.74, 6) is -0.802. The van der Waals surface area contributed by atoms with E-state index in [2.05, 4.69) is 0 Å². The quantitative estimate of drug-likeness (QED) is 0.374. The first kappa shape index (κ1) is 22.8. The maximum atomic E-state index is 13.1. The van der Waals surface area contributed by atoms with Gasteiger partial charge in [0.05, 0.1) is 6.10 Å². The van der Waals surface area contributed by atoms with Gasteiger partial charge in [0, 0.05) is 18.4 Å². The van der Waals surface area contributed by atoms with Gasteiger partial charge in [-0.25, -0.2) is 4.39 Å². The Morgan fingerprint density at radius 1 is 1.22 bits per heavy atom. The second kappa shape index (κ2) is 13.0. The van der Waals surface area contributed by atoms with Gasteiger partial charge in [-0.2, -0.15) is 0 Å². The summed E-state index contributed by atoms with van der Waals surface area (Å²) >= 11 is 0. The molecule has 2 unspecified atom stereocenters. The second-order valence-corrected chi connectivity index (χ2v) is 6.65. The number of hydrogen-bond acceptors (Lipinski definition) is 4. The summed E-state index contributed by atoms with van der Waals surface area (Å²) in [6.45, 7) is 1.64. The molecule has 0 aliphatic rings. The Kier molecular flexibility index (Phi) is 11.0. The van der Waals surface area contributed by atoms with Crippen LogP contribution in [0.1, 0.15) is 51.9 Å². The van der Waals surface area contributed by atoms with Gasteiger partial charge in [-0.3, -0.25) is 9.59 Å². The molecule has 0 bridgehead atoms. The van der Waals surface area contributed by atoms with Gasteiger partial charge in [0.15, 0.2) is 0 Å². The number of ether oxygens (including phenoxy) is 1. The first-order chi connectivity index (χ1) is 12.9. The van der Waals surface area contributed by atoms with Gasteiger partial charge in [0.2, 0.25) is 0 Å². The van der Waals surface area contributed by atoms with Crippen LogP contribution in [0.25, 0.3) is 0 Å². The zero-order valence-corrected chi connectivity index (χ0v) is 15.8. The molecule has 0 amide bonds. The number of aliphatic hydroxyl groups is 1. The van der Waals surface area contributed by atoms with E-state index in [4.69, 9.17) is 9.84 Å². The Labute approximate surface area is 159 Å². The first-order valence-electron chi connectivity index (χ1n) is 9.32. The maximum Gasteiger partial charge on any atom is 0.303 e. The standard InChI is InChI=1S/C21H29FO5/c1-16(23)17(8-4-2-3-5-13-21(25)26)9-6-11-19(24)15-27-20-12-7-10-18(22)14-20/h2,4,7,10,12,14,17,19,24H,3,5-6,8-9,11,13,15H2,1H3,(H,25,26). The van der Waals surface area contributed by atoms with Crippen LogP contribution in [0.4, 0.5) is 4.39 Å². The van der Waals surface area contributed by atoms with Crippen LogP contribution in [0.15, 0.2) is 36.4 Å². The highest BCUT2D eigenvalue weighted by molar-refractivity contribution is 5.78. The minimum absolute atomic E-state index is 0.0810. The fraction of sp³-hybridized carbons (Fsp3) is 0.524. The number of allylic oxidation sites excluding steroid dienone is 2. The molecule has 0 radical (unpaired) electrons. The number of benzene rings is 1. The van der Waals surface area contributed by atoms with E-state index in [0.29, 0.717) is 44.3 Å². The molecule has 0 spiro atoms. The molecule has 0 heterocycles. The highest BCUT2D eigenvalue weighted by Crippen LogP contribution is 2.17. The number of unbranched alkanes of at least 4 members (excludes halogenated alkanes) is 1. The highest BCUT2D eigenvalue weighted by atomic mass is 19.1. The van der Waals surface area contributed by atoms with Crippen molar-refractivity contribution in [2.24, 2.45) is 5.92 Å². The average Bonchev–Trinajstić information content (AvgIpc) is 2.60. The Balaban J connectivity index is 2.24. The molecular formula is C21H29FO5. The molecule has 27 heavy (non-hydrogen) atoms. The number of ketones is 1. The van der Waals surface area contributed by atoms with Crippen LogP contribution in [-0.2, 0) is 9.59 Å². The maximum absolute atomic E-state index is 13.1. The van der Waals surface area contributed by atoms with Gasteiger partial charge >= 0.3 is 5.97 Å². The van der Waals surface area contributed by atoms with E-state index in [-0.39, 0.29) is 30.5 Å². The van der Waals surface area contributed by atoms with E-state index in [9.17, 15) is 19.1 Å². The monoisotopic (exact) mass is 380 g/mol. The van der Waals surface area contributed by atoms with Crippen molar-refractivity contribution in [3.8, 4) is 5.75 Å². The molecule has 0 fully saturated rings. The molecule has 0 saturated carbocycles. The summed E-state index contributed by atoms with van der Waals surface area (Å²) in [6.07, 6.45) is 7.08. The molecule has 1 aromatic rings. The molecule has 5 nitrogen and oxygen atoms in total. The van der Waals surface area contributed by atoms with Crippen molar-refractivity contribution in [3.05, 3.63) is 42.2 Å². The van der Waals surface area contributed by atoms with Crippen LogP contribution in [-0.4, -0.2) is 34.7 Å². The third kappa shape index (κ3) is 11.2. The highest BCUT2D eigenvalue weighted by Gasteiger charge is 2.14.